The van der Waals surface area contributed by atoms with Crippen molar-refractivity contribution >= 4 is 17.9 Å². The summed E-state index contributed by atoms with van der Waals surface area (Å²) in [7, 11) is 0. The van der Waals surface area contributed by atoms with Crippen LogP contribution in [0.5, 0.6) is 0 Å². The average molecular weight is 1130 g/mol. The van der Waals surface area contributed by atoms with Gasteiger partial charge >= 0.3 is 17.9 Å². The second-order valence-corrected chi connectivity index (χ2v) is 22.7. The fourth-order valence-electron chi connectivity index (χ4n) is 9.61. The van der Waals surface area contributed by atoms with Crippen LogP contribution in [0.4, 0.5) is 0 Å². The molecule has 0 radical (unpaired) electrons. The van der Waals surface area contributed by atoms with Crippen molar-refractivity contribution in [3.8, 4) is 0 Å². The van der Waals surface area contributed by atoms with E-state index in [1.54, 1.807) is 0 Å². The monoisotopic (exact) mass is 1120 g/mol. The summed E-state index contributed by atoms with van der Waals surface area (Å²) in [5.74, 6) is -0.993. The first-order valence-corrected chi connectivity index (χ1v) is 34.4. The van der Waals surface area contributed by atoms with Crippen LogP contribution in [0.25, 0.3) is 0 Å². The van der Waals surface area contributed by atoms with Crippen molar-refractivity contribution in [2.75, 3.05) is 13.2 Å². The number of carbonyl (C=O) groups excluding carboxylic acids is 3. The molecule has 0 saturated heterocycles. The number of hydrogen-bond donors (Lipinski definition) is 0. The minimum Gasteiger partial charge on any atom is -0.462 e. The Kier molecular flexibility index (Phi) is 65.2. The van der Waals surface area contributed by atoms with E-state index in [4.69, 9.17) is 14.2 Å². The van der Waals surface area contributed by atoms with Crippen molar-refractivity contribution in [1.82, 2.24) is 0 Å². The van der Waals surface area contributed by atoms with Gasteiger partial charge in [0.15, 0.2) is 6.10 Å². The van der Waals surface area contributed by atoms with Gasteiger partial charge in [-0.3, -0.25) is 14.4 Å². The lowest BCUT2D eigenvalue weighted by Gasteiger charge is -2.18. The molecule has 0 aromatic rings. The first-order valence-electron chi connectivity index (χ1n) is 34.4. The molecule has 464 valence electrons. The zero-order valence-corrected chi connectivity index (χ0v) is 53.3. The molecule has 1 atom stereocenters. The smallest absolute Gasteiger partial charge is 0.306 e. The highest BCUT2D eigenvalue weighted by atomic mass is 16.6. The molecular weight excluding hydrogens is 997 g/mol. The molecule has 0 saturated carbocycles. The molecule has 0 aromatic carbocycles. The summed E-state index contributed by atoms with van der Waals surface area (Å²) in [5.41, 5.74) is 0. The maximum Gasteiger partial charge on any atom is 0.306 e. The van der Waals surface area contributed by atoms with Crippen molar-refractivity contribution in [3.05, 3.63) is 109 Å². The molecule has 6 nitrogen and oxygen atoms in total. The number of rotatable bonds is 62. The van der Waals surface area contributed by atoms with Crippen LogP contribution in [0.1, 0.15) is 329 Å². The highest BCUT2D eigenvalue weighted by molar-refractivity contribution is 5.71. The van der Waals surface area contributed by atoms with Crippen molar-refractivity contribution in [2.24, 2.45) is 0 Å². The zero-order valence-electron chi connectivity index (χ0n) is 53.3. The summed E-state index contributed by atoms with van der Waals surface area (Å²) >= 11 is 0. The molecule has 0 aliphatic carbocycles. The summed E-state index contributed by atoms with van der Waals surface area (Å²) in [6.45, 7) is 6.44. The van der Waals surface area contributed by atoms with Crippen LogP contribution in [0, 0.1) is 0 Å². The normalized spacial score (nSPS) is 12.8. The lowest BCUT2D eigenvalue weighted by atomic mass is 10.0. The summed E-state index contributed by atoms with van der Waals surface area (Å²) in [6, 6.07) is 0. The summed E-state index contributed by atoms with van der Waals surface area (Å²) in [5, 5.41) is 0. The van der Waals surface area contributed by atoms with Gasteiger partial charge < -0.3 is 14.2 Å². The van der Waals surface area contributed by atoms with E-state index in [0.29, 0.717) is 19.3 Å². The van der Waals surface area contributed by atoms with Gasteiger partial charge in [-0.25, -0.2) is 0 Å². The Morgan fingerprint density at radius 1 is 0.259 bits per heavy atom. The Labute approximate surface area is 501 Å². The summed E-state index contributed by atoms with van der Waals surface area (Å²) < 4.78 is 16.9. The SMILES string of the molecule is CC/C=C\C/C=C\C/C=C\C/C=C\CCC(=O)OCC(COC(=O)CCCCCCCCCCCCCCCCCCCCC/C=C\C/C=C\CCCCCCC)OC(=O)CCCCCCCC/C=C\C/C=C\C/C=C\CCCCC. The molecule has 0 heterocycles. The second-order valence-electron chi connectivity index (χ2n) is 22.7. The number of ether oxygens (including phenoxy) is 3. The molecule has 6 heteroatoms. The van der Waals surface area contributed by atoms with Crippen molar-refractivity contribution in [3.63, 3.8) is 0 Å². The van der Waals surface area contributed by atoms with Gasteiger partial charge in [0.25, 0.3) is 0 Å². The fourth-order valence-corrected chi connectivity index (χ4v) is 9.61. The van der Waals surface area contributed by atoms with E-state index in [0.717, 1.165) is 96.3 Å². The molecule has 0 bridgehead atoms. The standard InChI is InChI=1S/C75H128O6/c1-4-7-10-13-16-19-22-25-27-29-31-32-33-34-35-36-37-38-39-40-41-42-44-45-47-50-53-56-59-62-65-68-74(77)80-71-72(70-79-73(76)67-64-61-58-55-52-49-24-21-18-15-12-9-6-3)81-75(78)69-66-63-60-57-54-51-48-46-43-30-28-26-23-20-17-14-11-8-5-2/h9,12,17-18,20-22,25-26,28-29,31,43,46,49,52,58,61,72H,4-8,10-11,13-16,19,23-24,27,30,32-42,44-45,47-48,50-51,53-57,59-60,62-71H2,1-3H3/b12-9-,20-17-,21-18-,25-22-,28-26-,31-29-,46-43-,52-49-,61-58-. The Balaban J connectivity index is 4.25. The molecule has 0 N–H and O–H groups in total. The van der Waals surface area contributed by atoms with Gasteiger partial charge in [0.05, 0.1) is 0 Å². The van der Waals surface area contributed by atoms with E-state index in [9.17, 15) is 14.4 Å². The van der Waals surface area contributed by atoms with Gasteiger partial charge in [0, 0.05) is 19.3 Å². The maximum absolute atomic E-state index is 12.9. The Morgan fingerprint density at radius 2 is 0.506 bits per heavy atom. The van der Waals surface area contributed by atoms with E-state index in [2.05, 4.69) is 124 Å². The molecule has 0 amide bonds. The van der Waals surface area contributed by atoms with E-state index in [1.807, 2.05) is 6.08 Å². The average Bonchev–Trinajstić information content (AvgIpc) is 3.46. The fraction of sp³-hybridized carbons (Fsp3) is 0.720. The quantitative estimate of drug-likeness (QED) is 0.0261. The number of carbonyl (C=O) groups is 3. The number of hydrogen-bond acceptors (Lipinski definition) is 6. The topological polar surface area (TPSA) is 78.9 Å². The Morgan fingerprint density at radius 3 is 0.852 bits per heavy atom. The molecule has 0 aliphatic rings. The van der Waals surface area contributed by atoms with E-state index in [1.165, 1.54) is 186 Å². The molecule has 0 fully saturated rings. The van der Waals surface area contributed by atoms with Crippen LogP contribution >= 0.6 is 0 Å². The highest BCUT2D eigenvalue weighted by Gasteiger charge is 2.19. The third kappa shape index (κ3) is 66.8. The second kappa shape index (κ2) is 68.6. The molecule has 0 rings (SSSR count). The van der Waals surface area contributed by atoms with Crippen molar-refractivity contribution in [1.29, 1.82) is 0 Å². The zero-order chi connectivity index (χ0) is 58.5. The summed E-state index contributed by atoms with van der Waals surface area (Å²) in [6.07, 6.45) is 94.2. The van der Waals surface area contributed by atoms with Crippen LogP contribution in [-0.2, 0) is 28.6 Å². The minimum absolute atomic E-state index is 0.104. The lowest BCUT2D eigenvalue weighted by Crippen LogP contribution is -2.30. The molecule has 0 aliphatic heterocycles. The van der Waals surface area contributed by atoms with Gasteiger partial charge in [-0.05, 0) is 116 Å². The number of esters is 3. The van der Waals surface area contributed by atoms with Gasteiger partial charge in [-0.15, -0.1) is 0 Å². The number of unbranched alkanes of at least 4 members (excludes halogenated alkanes) is 33. The first-order chi connectivity index (χ1) is 40.0. The van der Waals surface area contributed by atoms with E-state index in [-0.39, 0.29) is 37.5 Å². The highest BCUT2D eigenvalue weighted by Crippen LogP contribution is 2.17. The van der Waals surface area contributed by atoms with Gasteiger partial charge in [-0.1, -0.05) is 304 Å². The van der Waals surface area contributed by atoms with E-state index < -0.39 is 6.10 Å². The summed E-state index contributed by atoms with van der Waals surface area (Å²) in [4.78, 5) is 38.3. The van der Waals surface area contributed by atoms with Crippen LogP contribution in [0.15, 0.2) is 109 Å². The van der Waals surface area contributed by atoms with Crippen molar-refractivity contribution < 1.29 is 28.6 Å². The first kappa shape index (κ1) is 77.1. The third-order valence-corrected chi connectivity index (χ3v) is 14.7. The van der Waals surface area contributed by atoms with Gasteiger partial charge in [0.2, 0.25) is 0 Å². The van der Waals surface area contributed by atoms with Crippen LogP contribution in [0.3, 0.4) is 0 Å². The molecule has 0 spiro atoms. The van der Waals surface area contributed by atoms with Crippen LogP contribution < -0.4 is 0 Å². The van der Waals surface area contributed by atoms with Gasteiger partial charge in [0.1, 0.15) is 13.2 Å². The molecule has 0 aromatic heterocycles. The third-order valence-electron chi connectivity index (χ3n) is 14.7. The maximum atomic E-state index is 12.9. The number of allylic oxidation sites excluding steroid dienone is 18. The molecular formula is C75H128O6. The van der Waals surface area contributed by atoms with Crippen LogP contribution in [-0.4, -0.2) is 37.2 Å². The molecule has 81 heavy (non-hydrogen) atoms. The lowest BCUT2D eigenvalue weighted by molar-refractivity contribution is -0.166. The molecule has 1 unspecified atom stereocenters. The Bertz CT molecular complexity index is 1620. The van der Waals surface area contributed by atoms with Crippen molar-refractivity contribution in [2.45, 2.75) is 335 Å². The van der Waals surface area contributed by atoms with E-state index >= 15 is 0 Å². The predicted octanol–water partition coefficient (Wildman–Crippen LogP) is 23.8. The van der Waals surface area contributed by atoms with Gasteiger partial charge in [-0.2, -0.15) is 0 Å². The minimum atomic E-state index is -0.816. The van der Waals surface area contributed by atoms with Crippen LogP contribution in [0.2, 0.25) is 0 Å². The Hall–Kier alpha value is -3.93. The largest absolute Gasteiger partial charge is 0.462 e. The predicted molar refractivity (Wildman–Crippen MR) is 353 cm³/mol.